The summed E-state index contributed by atoms with van der Waals surface area (Å²) in [5.41, 5.74) is 6.93. The highest BCUT2D eigenvalue weighted by Crippen LogP contribution is 2.35. The smallest absolute Gasteiger partial charge is 0.269 e. The number of nitro benzene ring substituents is 1. The molecule has 0 saturated carbocycles. The van der Waals surface area contributed by atoms with E-state index >= 15 is 0 Å². The number of pyridine rings is 1. The van der Waals surface area contributed by atoms with Crippen LogP contribution in [0.4, 0.5) is 11.4 Å². The predicted octanol–water partition coefficient (Wildman–Crippen LogP) is 9.76. The fourth-order valence-electron chi connectivity index (χ4n) is 6.46. The lowest BCUT2D eigenvalue weighted by Crippen LogP contribution is -2.24. The number of ether oxygens (including phenoxy) is 2. The van der Waals surface area contributed by atoms with Gasteiger partial charge in [0, 0.05) is 48.9 Å². The first-order valence-corrected chi connectivity index (χ1v) is 17.2. The van der Waals surface area contributed by atoms with Gasteiger partial charge >= 0.3 is 0 Å². The molecule has 1 saturated heterocycles. The molecule has 0 bridgehead atoms. The summed E-state index contributed by atoms with van der Waals surface area (Å²) in [7, 11) is 0. The van der Waals surface area contributed by atoms with E-state index in [1.807, 2.05) is 30.6 Å². The number of anilines is 1. The average molecular weight is 616 g/mol. The van der Waals surface area contributed by atoms with Crippen LogP contribution >= 0.6 is 0 Å². The zero-order valence-electron chi connectivity index (χ0n) is 27.9. The minimum atomic E-state index is -0.372. The molecule has 2 aromatic carbocycles. The van der Waals surface area contributed by atoms with Gasteiger partial charge in [0.05, 0.1) is 18.1 Å². The van der Waals surface area contributed by atoms with E-state index in [2.05, 4.69) is 55.8 Å². The first-order chi connectivity index (χ1) is 21.9. The fraction of sp³-hybridized carbons (Fsp3) is 0.553. The van der Waals surface area contributed by atoms with Gasteiger partial charge in [-0.25, -0.2) is 0 Å². The molecule has 7 heteroatoms. The maximum Gasteiger partial charge on any atom is 0.269 e. The number of aromatic nitrogens is 1. The Bertz CT molecular complexity index is 1330. The van der Waals surface area contributed by atoms with Gasteiger partial charge in [-0.05, 0) is 71.2 Å². The normalized spacial score (nSPS) is 14.8. The van der Waals surface area contributed by atoms with Crippen molar-refractivity contribution in [3.63, 3.8) is 0 Å². The largest absolute Gasteiger partial charge is 0.363 e. The number of unbranched alkanes of at least 4 members (excludes halogenated alkanes) is 2. The van der Waals surface area contributed by atoms with E-state index in [9.17, 15) is 10.1 Å². The summed E-state index contributed by atoms with van der Waals surface area (Å²) in [5, 5.41) is 11.9. The molecule has 0 spiro atoms. The predicted molar refractivity (Wildman–Crippen MR) is 182 cm³/mol. The van der Waals surface area contributed by atoms with Crippen LogP contribution in [0.3, 0.4) is 0 Å². The van der Waals surface area contributed by atoms with Crippen molar-refractivity contribution in [2.75, 3.05) is 18.1 Å². The van der Waals surface area contributed by atoms with Crippen molar-refractivity contribution in [1.29, 1.82) is 0 Å². The lowest BCUT2D eigenvalue weighted by molar-refractivity contribution is -0.384. The first kappa shape index (κ1) is 34.6. The van der Waals surface area contributed by atoms with Gasteiger partial charge in [-0.1, -0.05) is 91.2 Å². The Kier molecular flexibility index (Phi) is 13.8. The summed E-state index contributed by atoms with van der Waals surface area (Å²) >= 11 is 0. The van der Waals surface area contributed by atoms with Gasteiger partial charge in [-0.2, -0.15) is 0 Å². The number of hydrogen-bond donors (Lipinski definition) is 0. The van der Waals surface area contributed by atoms with E-state index < -0.39 is 0 Å². The first-order valence-electron chi connectivity index (χ1n) is 17.2. The molecular weight excluding hydrogens is 562 g/mol. The number of non-ortho nitro benzene ring substituents is 1. The van der Waals surface area contributed by atoms with Gasteiger partial charge in [-0.3, -0.25) is 15.1 Å². The molecule has 2 atom stereocenters. The molecular formula is C38H53N3O4. The molecule has 2 unspecified atom stereocenters. The Hall–Kier alpha value is -3.29. The molecule has 0 aliphatic carbocycles. The summed E-state index contributed by atoms with van der Waals surface area (Å²) in [6.45, 7) is 11.4. The SMILES string of the molecule is CCCCC(CC)Cc1ccc([N+](=O)[O-])cc1CN(Cc1ccncc1)c1ccc(CC(CC)CCCC)c(C2OCCO2)c1. The van der Waals surface area contributed by atoms with E-state index in [0.29, 0.717) is 38.1 Å². The minimum Gasteiger partial charge on any atom is -0.363 e. The molecule has 3 aromatic rings. The van der Waals surface area contributed by atoms with E-state index in [0.717, 1.165) is 48.1 Å². The van der Waals surface area contributed by atoms with Crippen LogP contribution in [0.5, 0.6) is 0 Å². The van der Waals surface area contributed by atoms with Crippen molar-refractivity contribution in [2.24, 2.45) is 11.8 Å². The Labute approximate surface area is 270 Å². The number of hydrogen-bond acceptors (Lipinski definition) is 6. The molecule has 1 aliphatic rings. The van der Waals surface area contributed by atoms with E-state index in [4.69, 9.17) is 9.47 Å². The van der Waals surface area contributed by atoms with Crippen LogP contribution in [0.15, 0.2) is 60.9 Å². The molecule has 0 radical (unpaired) electrons. The topological polar surface area (TPSA) is 77.7 Å². The summed E-state index contributed by atoms with van der Waals surface area (Å²) in [6, 6.07) is 16.2. The zero-order chi connectivity index (χ0) is 32.0. The van der Waals surface area contributed by atoms with Crippen LogP contribution in [0.25, 0.3) is 0 Å². The molecule has 7 nitrogen and oxygen atoms in total. The number of benzene rings is 2. The summed E-state index contributed by atoms with van der Waals surface area (Å²) in [5.74, 6) is 1.18. The quantitative estimate of drug-likeness (QED) is 0.0987. The fourth-order valence-corrected chi connectivity index (χ4v) is 6.46. The second kappa shape index (κ2) is 18.0. The minimum absolute atomic E-state index is 0.140. The average Bonchev–Trinajstić information content (AvgIpc) is 3.61. The van der Waals surface area contributed by atoms with E-state index in [-0.39, 0.29) is 16.9 Å². The Balaban J connectivity index is 1.74. The third kappa shape index (κ3) is 10.1. The molecule has 1 fully saturated rings. The Morgan fingerprint density at radius 2 is 1.44 bits per heavy atom. The Morgan fingerprint density at radius 3 is 2.04 bits per heavy atom. The molecule has 2 heterocycles. The van der Waals surface area contributed by atoms with Crippen LogP contribution < -0.4 is 4.90 Å². The van der Waals surface area contributed by atoms with Crippen molar-refractivity contribution >= 4 is 11.4 Å². The van der Waals surface area contributed by atoms with Crippen LogP contribution in [-0.2, 0) is 35.4 Å². The lowest BCUT2D eigenvalue weighted by Gasteiger charge is -2.29. The van der Waals surface area contributed by atoms with Crippen molar-refractivity contribution in [3.05, 3.63) is 98.9 Å². The van der Waals surface area contributed by atoms with E-state index in [1.165, 1.54) is 49.7 Å². The van der Waals surface area contributed by atoms with Crippen LogP contribution in [0.2, 0.25) is 0 Å². The molecule has 1 aliphatic heterocycles. The summed E-state index contributed by atoms with van der Waals surface area (Å²) < 4.78 is 12.1. The highest BCUT2D eigenvalue weighted by Gasteiger charge is 2.25. The number of nitro groups is 1. The zero-order valence-corrected chi connectivity index (χ0v) is 27.9. The molecule has 0 amide bonds. The van der Waals surface area contributed by atoms with Crippen LogP contribution in [0.1, 0.15) is 113 Å². The van der Waals surface area contributed by atoms with Crippen LogP contribution in [0, 0.1) is 22.0 Å². The van der Waals surface area contributed by atoms with Gasteiger partial charge in [-0.15, -0.1) is 0 Å². The molecule has 244 valence electrons. The van der Waals surface area contributed by atoms with Gasteiger partial charge in [0.25, 0.3) is 5.69 Å². The highest BCUT2D eigenvalue weighted by molar-refractivity contribution is 5.54. The van der Waals surface area contributed by atoms with Crippen LogP contribution in [-0.4, -0.2) is 23.1 Å². The van der Waals surface area contributed by atoms with Gasteiger partial charge in [0.2, 0.25) is 0 Å². The molecule has 45 heavy (non-hydrogen) atoms. The number of nitrogens with zero attached hydrogens (tertiary/aromatic N) is 3. The van der Waals surface area contributed by atoms with Crippen molar-refractivity contribution in [1.82, 2.24) is 4.98 Å². The maximum atomic E-state index is 11.9. The second-order valence-electron chi connectivity index (χ2n) is 12.6. The summed E-state index contributed by atoms with van der Waals surface area (Å²) in [6.07, 6.45) is 14.7. The van der Waals surface area contributed by atoms with Crippen molar-refractivity contribution in [3.8, 4) is 0 Å². The lowest BCUT2D eigenvalue weighted by atomic mass is 9.89. The highest BCUT2D eigenvalue weighted by atomic mass is 16.7. The molecule has 4 rings (SSSR count). The third-order valence-electron chi connectivity index (χ3n) is 9.36. The number of rotatable bonds is 19. The third-order valence-corrected chi connectivity index (χ3v) is 9.36. The van der Waals surface area contributed by atoms with Gasteiger partial charge < -0.3 is 14.4 Å². The van der Waals surface area contributed by atoms with Gasteiger partial charge in [0.1, 0.15) is 0 Å². The summed E-state index contributed by atoms with van der Waals surface area (Å²) in [4.78, 5) is 18.2. The van der Waals surface area contributed by atoms with E-state index in [1.54, 1.807) is 12.1 Å². The Morgan fingerprint density at radius 1 is 0.822 bits per heavy atom. The molecule has 1 aromatic heterocycles. The second-order valence-corrected chi connectivity index (χ2v) is 12.6. The monoisotopic (exact) mass is 615 g/mol. The van der Waals surface area contributed by atoms with Crippen molar-refractivity contribution < 1.29 is 14.4 Å². The standard InChI is InChI=1S/C38H53N3O4/c1-5-9-11-29(7-3)23-32-13-16-36(41(42)43)25-34(32)28-40(27-31-17-19-39-20-18-31)35-15-14-33(24-30(8-4)12-10-6-2)37(26-35)38-44-21-22-45-38/h13-20,25-26,29-30,38H,5-12,21-24,27-28H2,1-4H3. The van der Waals surface area contributed by atoms with Gasteiger partial charge in [0.15, 0.2) is 6.29 Å². The van der Waals surface area contributed by atoms with Crippen molar-refractivity contribution in [2.45, 2.75) is 111 Å². The molecule has 0 N–H and O–H groups in total. The maximum absolute atomic E-state index is 11.9.